The van der Waals surface area contributed by atoms with Gasteiger partial charge in [0, 0.05) is 6.42 Å². The first-order chi connectivity index (χ1) is 14.0. The lowest BCUT2D eigenvalue weighted by Gasteiger charge is -2.10. The topological polar surface area (TPSA) is 52.6 Å². The number of rotatable bonds is 11. The Kier molecular flexibility index (Phi) is 9.49. The summed E-state index contributed by atoms with van der Waals surface area (Å²) in [6.45, 7) is 5.67. The Morgan fingerprint density at radius 3 is 2.48 bits per heavy atom. The largest absolute Gasteiger partial charge is 0.486 e. The normalized spacial score (nSPS) is 11.9. The second-order valence-electron chi connectivity index (χ2n) is 6.68. The maximum absolute atomic E-state index is 12.1. The van der Waals surface area contributed by atoms with Gasteiger partial charge in [-0.25, -0.2) is 0 Å². The van der Waals surface area contributed by atoms with Gasteiger partial charge >= 0.3 is 0 Å². The third kappa shape index (κ3) is 8.55. The highest BCUT2D eigenvalue weighted by atomic mass is 32.2. The van der Waals surface area contributed by atoms with Crippen molar-refractivity contribution in [1.82, 2.24) is 0 Å². The minimum Gasteiger partial charge on any atom is -0.486 e. The molecule has 0 aliphatic carbocycles. The second kappa shape index (κ2) is 12.1. The Labute approximate surface area is 174 Å². The molecule has 2 aromatic carbocycles. The molecule has 29 heavy (non-hydrogen) atoms. The monoisotopic (exact) mass is 412 g/mol. The Balaban J connectivity index is 1.69. The molecule has 1 unspecified atom stereocenters. The molecule has 0 radical (unpaired) electrons. The van der Waals surface area contributed by atoms with E-state index in [0.29, 0.717) is 12.8 Å². The van der Waals surface area contributed by atoms with E-state index in [-0.39, 0.29) is 17.6 Å². The van der Waals surface area contributed by atoms with Gasteiger partial charge in [-0.05, 0) is 50.3 Å². The Bertz CT molecular complexity index is 907. The smallest absolute Gasteiger partial charge is 0.296 e. The zero-order valence-corrected chi connectivity index (χ0v) is 17.7. The highest BCUT2D eigenvalue weighted by Gasteiger charge is 2.14. The molecular formula is C24H28O4S. The van der Waals surface area contributed by atoms with Crippen molar-refractivity contribution in [2.24, 2.45) is 0 Å². The fraction of sp³-hybridized carbons (Fsp3) is 0.333. The van der Waals surface area contributed by atoms with Crippen LogP contribution in [0.15, 0.2) is 72.3 Å². The third-order valence-corrected chi connectivity index (χ3v) is 5.63. The molecule has 2 rings (SSSR count). The average molecular weight is 413 g/mol. The summed E-state index contributed by atoms with van der Waals surface area (Å²) in [5.74, 6) is 6.24. The highest BCUT2D eigenvalue weighted by molar-refractivity contribution is 7.86. The van der Waals surface area contributed by atoms with Crippen LogP contribution in [-0.4, -0.2) is 21.1 Å². The minimum absolute atomic E-state index is 0.151. The van der Waals surface area contributed by atoms with E-state index in [1.54, 1.807) is 24.3 Å². The molecule has 5 heteroatoms. The van der Waals surface area contributed by atoms with E-state index in [0.717, 1.165) is 24.8 Å². The molecule has 0 aromatic heterocycles. The molecule has 0 spiro atoms. The van der Waals surface area contributed by atoms with Crippen LogP contribution >= 0.6 is 0 Å². The average Bonchev–Trinajstić information content (AvgIpc) is 2.72. The Morgan fingerprint density at radius 2 is 1.79 bits per heavy atom. The maximum atomic E-state index is 12.1. The molecule has 0 fully saturated rings. The number of benzene rings is 2. The van der Waals surface area contributed by atoms with Crippen LogP contribution in [0, 0.1) is 18.8 Å². The molecule has 0 heterocycles. The molecule has 0 bridgehead atoms. The lowest BCUT2D eigenvalue weighted by molar-refractivity contribution is 0.187. The van der Waals surface area contributed by atoms with Gasteiger partial charge < -0.3 is 4.74 Å². The zero-order chi connectivity index (χ0) is 21.0. The van der Waals surface area contributed by atoms with Crippen LogP contribution in [0.1, 0.15) is 36.8 Å². The first-order valence-electron chi connectivity index (χ1n) is 9.76. The third-order valence-electron chi connectivity index (χ3n) is 4.31. The van der Waals surface area contributed by atoms with E-state index >= 15 is 0 Å². The minimum atomic E-state index is -3.69. The van der Waals surface area contributed by atoms with E-state index < -0.39 is 10.1 Å². The van der Waals surface area contributed by atoms with Gasteiger partial charge in [-0.1, -0.05) is 66.4 Å². The lowest BCUT2D eigenvalue weighted by Crippen LogP contribution is -2.08. The summed E-state index contributed by atoms with van der Waals surface area (Å²) >= 11 is 0. The fourth-order valence-electron chi connectivity index (χ4n) is 2.68. The van der Waals surface area contributed by atoms with Gasteiger partial charge in [-0.2, -0.15) is 8.42 Å². The van der Waals surface area contributed by atoms with Gasteiger partial charge in [0.1, 0.15) is 0 Å². The van der Waals surface area contributed by atoms with Crippen molar-refractivity contribution in [3.63, 3.8) is 0 Å². The molecule has 2 aromatic rings. The number of ether oxygens (including phenoxy) is 1. The summed E-state index contributed by atoms with van der Waals surface area (Å²) in [4.78, 5) is 0.186. The highest BCUT2D eigenvalue weighted by Crippen LogP contribution is 2.14. The van der Waals surface area contributed by atoms with Gasteiger partial charge in [0.15, 0.2) is 6.10 Å². The van der Waals surface area contributed by atoms with Crippen LogP contribution < -0.4 is 0 Å². The SMILES string of the molecule is C=COC(C#CCCCCOS(=O)(=O)c1ccc(C)cc1)CCc1ccccc1. The summed E-state index contributed by atoms with van der Waals surface area (Å²) in [5.41, 5.74) is 2.25. The molecule has 4 nitrogen and oxygen atoms in total. The Hall–Kier alpha value is -2.55. The first-order valence-corrected chi connectivity index (χ1v) is 11.2. The molecule has 0 amide bonds. The van der Waals surface area contributed by atoms with Crippen molar-refractivity contribution in [1.29, 1.82) is 0 Å². The standard InChI is InChI=1S/C24H28O4S/c1-3-27-23(17-16-22-11-7-6-8-12-22)13-9-4-5-10-20-28-29(25,26)24-18-14-21(2)15-19-24/h3,6-8,11-12,14-15,18-19,23H,1,4-5,10,16-17,20H2,2H3. The van der Waals surface area contributed by atoms with Crippen molar-refractivity contribution < 1.29 is 17.3 Å². The summed E-state index contributed by atoms with van der Waals surface area (Å²) in [6.07, 6.45) is 4.96. The predicted molar refractivity (Wildman–Crippen MR) is 116 cm³/mol. The van der Waals surface area contributed by atoms with Crippen LogP contribution in [0.3, 0.4) is 0 Å². The van der Waals surface area contributed by atoms with E-state index in [2.05, 4.69) is 30.6 Å². The van der Waals surface area contributed by atoms with Gasteiger partial charge in [0.2, 0.25) is 0 Å². The molecule has 0 saturated carbocycles. The first kappa shape index (κ1) is 22.7. The lowest BCUT2D eigenvalue weighted by atomic mass is 10.1. The molecule has 154 valence electrons. The van der Waals surface area contributed by atoms with E-state index in [9.17, 15) is 8.42 Å². The van der Waals surface area contributed by atoms with Crippen molar-refractivity contribution >= 4 is 10.1 Å². The van der Waals surface area contributed by atoms with E-state index in [4.69, 9.17) is 8.92 Å². The molecule has 0 aliphatic rings. The van der Waals surface area contributed by atoms with Gasteiger partial charge in [-0.3, -0.25) is 4.18 Å². The van der Waals surface area contributed by atoms with E-state index in [1.165, 1.54) is 11.8 Å². The van der Waals surface area contributed by atoms with Crippen molar-refractivity contribution in [2.45, 2.75) is 50.0 Å². The molecule has 0 aliphatic heterocycles. The summed E-state index contributed by atoms with van der Waals surface area (Å²) < 4.78 is 34.8. The Morgan fingerprint density at radius 1 is 1.07 bits per heavy atom. The molecule has 1 atom stereocenters. The van der Waals surface area contributed by atoms with Crippen LogP contribution in [0.25, 0.3) is 0 Å². The number of aryl methyl sites for hydroxylation is 2. The predicted octanol–water partition coefficient (Wildman–Crippen LogP) is 5.04. The van der Waals surface area contributed by atoms with Crippen molar-refractivity contribution in [2.75, 3.05) is 6.61 Å². The van der Waals surface area contributed by atoms with Gasteiger partial charge in [0.25, 0.3) is 10.1 Å². The van der Waals surface area contributed by atoms with Gasteiger partial charge in [0.05, 0.1) is 17.8 Å². The summed E-state index contributed by atoms with van der Waals surface area (Å²) in [7, 11) is -3.69. The van der Waals surface area contributed by atoms with Crippen LogP contribution in [-0.2, 0) is 25.5 Å². The van der Waals surface area contributed by atoms with Crippen molar-refractivity contribution in [3.8, 4) is 11.8 Å². The number of hydrogen-bond donors (Lipinski definition) is 0. The maximum Gasteiger partial charge on any atom is 0.296 e. The molecule has 0 N–H and O–H groups in total. The summed E-state index contributed by atoms with van der Waals surface area (Å²) in [5, 5.41) is 0. The van der Waals surface area contributed by atoms with Crippen LogP contribution in [0.2, 0.25) is 0 Å². The van der Waals surface area contributed by atoms with E-state index in [1.807, 2.05) is 25.1 Å². The molecular weight excluding hydrogens is 384 g/mol. The van der Waals surface area contributed by atoms with Crippen LogP contribution in [0.5, 0.6) is 0 Å². The van der Waals surface area contributed by atoms with Gasteiger partial charge in [-0.15, -0.1) is 0 Å². The second-order valence-corrected chi connectivity index (χ2v) is 8.30. The number of hydrogen-bond acceptors (Lipinski definition) is 4. The molecule has 0 saturated heterocycles. The fourth-order valence-corrected chi connectivity index (χ4v) is 3.62. The van der Waals surface area contributed by atoms with Crippen LogP contribution in [0.4, 0.5) is 0 Å². The number of unbranched alkanes of at least 4 members (excludes halogenated alkanes) is 2. The summed E-state index contributed by atoms with van der Waals surface area (Å²) in [6, 6.07) is 16.8. The zero-order valence-electron chi connectivity index (χ0n) is 16.8. The quantitative estimate of drug-likeness (QED) is 0.225. The van der Waals surface area contributed by atoms with Crippen molar-refractivity contribution in [3.05, 3.63) is 78.6 Å².